The van der Waals surface area contributed by atoms with Gasteiger partial charge in [-0.2, -0.15) is 9.78 Å². The summed E-state index contributed by atoms with van der Waals surface area (Å²) in [6.45, 7) is 1.35. The summed E-state index contributed by atoms with van der Waals surface area (Å²) in [5.74, 6) is -0.0223. The van der Waals surface area contributed by atoms with E-state index in [1.165, 1.54) is 17.3 Å². The summed E-state index contributed by atoms with van der Waals surface area (Å²) >= 11 is 0. The molecule has 122 valence electrons. The molecular weight excluding hydrogens is 308 g/mol. The molecule has 0 spiro atoms. The number of carbonyl (C=O) groups is 1. The minimum Gasteiger partial charge on any atom is -0.336 e. The Balaban J connectivity index is 1.60. The molecule has 2 aromatic heterocycles. The molecule has 1 amide bonds. The van der Waals surface area contributed by atoms with E-state index in [1.54, 1.807) is 12.4 Å². The summed E-state index contributed by atoms with van der Waals surface area (Å²) in [5.41, 5.74) is 1.26. The molecule has 0 aliphatic carbocycles. The smallest absolute Gasteiger partial charge is 0.256 e. The lowest BCUT2D eigenvalue weighted by Crippen LogP contribution is -2.41. The van der Waals surface area contributed by atoms with E-state index in [2.05, 4.69) is 25.6 Å². The molecule has 3 heterocycles. The number of para-hydroxylation sites is 1. The first-order valence-electron chi connectivity index (χ1n) is 7.79. The van der Waals surface area contributed by atoms with E-state index >= 15 is 0 Å². The third kappa shape index (κ3) is 2.64. The Morgan fingerprint density at radius 2 is 2.12 bits per heavy atom. The van der Waals surface area contributed by atoms with E-state index in [4.69, 9.17) is 0 Å². The average molecular weight is 324 g/mol. The molecular formula is C15H16N8O. The van der Waals surface area contributed by atoms with E-state index in [0.29, 0.717) is 17.8 Å². The Hall–Kier alpha value is -3.10. The number of hydrogen-bond acceptors (Lipinski definition) is 6. The van der Waals surface area contributed by atoms with Crippen molar-refractivity contribution < 1.29 is 4.79 Å². The molecule has 0 radical (unpaired) electrons. The predicted octanol–water partition coefficient (Wildman–Crippen LogP) is 0.731. The van der Waals surface area contributed by atoms with Gasteiger partial charge in [0.15, 0.2) is 0 Å². The molecule has 0 saturated carbocycles. The highest BCUT2D eigenvalue weighted by atomic mass is 16.2. The minimum absolute atomic E-state index is 0.0223. The number of rotatable bonds is 3. The molecule has 3 aromatic rings. The van der Waals surface area contributed by atoms with Crippen LogP contribution in [-0.4, -0.2) is 58.9 Å². The highest BCUT2D eigenvalue weighted by Gasteiger charge is 2.27. The molecule has 1 aromatic carbocycles. The average Bonchev–Trinajstić information content (AvgIpc) is 3.35. The van der Waals surface area contributed by atoms with Gasteiger partial charge in [-0.05, 0) is 35.4 Å². The fraction of sp³-hybridized carbons (Fsp3) is 0.333. The van der Waals surface area contributed by atoms with Gasteiger partial charge in [0.1, 0.15) is 19.0 Å². The molecule has 0 N–H and O–H groups in total. The van der Waals surface area contributed by atoms with Gasteiger partial charge in [0.25, 0.3) is 5.91 Å². The first kappa shape index (κ1) is 14.5. The number of benzene rings is 1. The highest BCUT2D eigenvalue weighted by molar-refractivity contribution is 5.97. The first-order valence-corrected chi connectivity index (χ1v) is 7.79. The number of nitrogens with zero attached hydrogens (tertiary/aromatic N) is 8. The van der Waals surface area contributed by atoms with Crippen LogP contribution in [0, 0.1) is 0 Å². The molecule has 1 aliphatic heterocycles. The molecule has 9 heteroatoms. The normalized spacial score (nSPS) is 17.8. The Morgan fingerprint density at radius 1 is 1.21 bits per heavy atom. The van der Waals surface area contributed by atoms with Crippen LogP contribution in [0.2, 0.25) is 0 Å². The molecule has 1 unspecified atom stereocenters. The maximum atomic E-state index is 13.0. The third-order valence-corrected chi connectivity index (χ3v) is 4.22. The molecule has 1 aliphatic rings. The highest BCUT2D eigenvalue weighted by Crippen LogP contribution is 2.23. The summed E-state index contributed by atoms with van der Waals surface area (Å²) in [6, 6.07) is 7.51. The molecule has 0 bridgehead atoms. The molecule has 1 atom stereocenters. The van der Waals surface area contributed by atoms with E-state index in [0.717, 1.165) is 19.4 Å². The Morgan fingerprint density at radius 3 is 2.92 bits per heavy atom. The molecule has 24 heavy (non-hydrogen) atoms. The van der Waals surface area contributed by atoms with Crippen LogP contribution >= 0.6 is 0 Å². The lowest BCUT2D eigenvalue weighted by Gasteiger charge is -2.33. The standard InChI is InChI=1S/C15H16N8O/c24-15(13-5-1-2-6-14(13)23-11-17-19-20-23)21-7-3-4-12(8-21)22-10-16-9-18-22/h1-2,5-6,9-12H,3-4,7-8H2. The number of piperidine rings is 1. The zero-order valence-electron chi connectivity index (χ0n) is 12.9. The van der Waals surface area contributed by atoms with Crippen molar-refractivity contribution >= 4 is 5.91 Å². The Kier molecular flexibility index (Phi) is 3.73. The Labute approximate surface area is 137 Å². The van der Waals surface area contributed by atoms with Gasteiger partial charge in [-0.1, -0.05) is 12.1 Å². The zero-order valence-corrected chi connectivity index (χ0v) is 12.9. The van der Waals surface area contributed by atoms with Crippen molar-refractivity contribution in [2.24, 2.45) is 0 Å². The van der Waals surface area contributed by atoms with Crippen molar-refractivity contribution in [3.63, 3.8) is 0 Å². The number of hydrogen-bond donors (Lipinski definition) is 0. The van der Waals surface area contributed by atoms with Gasteiger partial charge >= 0.3 is 0 Å². The Bertz CT molecular complexity index is 814. The van der Waals surface area contributed by atoms with Crippen molar-refractivity contribution in [1.29, 1.82) is 0 Å². The quantitative estimate of drug-likeness (QED) is 0.705. The zero-order chi connectivity index (χ0) is 16.4. The van der Waals surface area contributed by atoms with Crippen LogP contribution in [-0.2, 0) is 0 Å². The molecule has 1 fully saturated rings. The van der Waals surface area contributed by atoms with Crippen molar-refractivity contribution in [3.8, 4) is 5.69 Å². The number of carbonyl (C=O) groups excluding carboxylic acids is 1. The second kappa shape index (κ2) is 6.19. The summed E-state index contributed by atoms with van der Waals surface area (Å²) in [6.07, 6.45) is 6.63. The van der Waals surface area contributed by atoms with Gasteiger partial charge in [-0.25, -0.2) is 9.67 Å². The van der Waals surface area contributed by atoms with Crippen molar-refractivity contribution in [2.45, 2.75) is 18.9 Å². The van der Waals surface area contributed by atoms with Crippen LogP contribution in [0.25, 0.3) is 5.69 Å². The lowest BCUT2D eigenvalue weighted by atomic mass is 10.0. The maximum absolute atomic E-state index is 13.0. The number of likely N-dealkylation sites (tertiary alicyclic amines) is 1. The van der Waals surface area contributed by atoms with Crippen molar-refractivity contribution in [1.82, 2.24) is 39.9 Å². The van der Waals surface area contributed by atoms with E-state index in [1.807, 2.05) is 27.8 Å². The van der Waals surface area contributed by atoms with Crippen molar-refractivity contribution in [3.05, 3.63) is 48.8 Å². The van der Waals surface area contributed by atoms with Gasteiger partial charge in [-0.3, -0.25) is 4.79 Å². The molecule has 1 saturated heterocycles. The van der Waals surface area contributed by atoms with Crippen LogP contribution in [0.5, 0.6) is 0 Å². The minimum atomic E-state index is -0.0223. The van der Waals surface area contributed by atoms with Crippen molar-refractivity contribution in [2.75, 3.05) is 13.1 Å². The van der Waals surface area contributed by atoms with Crippen LogP contribution in [0.15, 0.2) is 43.2 Å². The SMILES string of the molecule is O=C(c1ccccc1-n1cnnn1)N1CCCC(n2cncn2)C1. The van der Waals surface area contributed by atoms with E-state index in [9.17, 15) is 4.79 Å². The van der Waals surface area contributed by atoms with Gasteiger partial charge < -0.3 is 4.90 Å². The fourth-order valence-corrected chi connectivity index (χ4v) is 3.06. The largest absolute Gasteiger partial charge is 0.336 e. The second-order valence-electron chi connectivity index (χ2n) is 5.69. The van der Waals surface area contributed by atoms with Crippen LogP contribution in [0.1, 0.15) is 29.2 Å². The summed E-state index contributed by atoms with van der Waals surface area (Å²) in [5, 5.41) is 15.4. The maximum Gasteiger partial charge on any atom is 0.256 e. The van der Waals surface area contributed by atoms with Gasteiger partial charge in [0, 0.05) is 13.1 Å². The summed E-state index contributed by atoms with van der Waals surface area (Å²) in [4.78, 5) is 18.9. The predicted molar refractivity (Wildman–Crippen MR) is 83.4 cm³/mol. The van der Waals surface area contributed by atoms with Crippen LogP contribution < -0.4 is 0 Å². The first-order chi connectivity index (χ1) is 11.8. The lowest BCUT2D eigenvalue weighted by molar-refractivity contribution is 0.0672. The third-order valence-electron chi connectivity index (χ3n) is 4.22. The van der Waals surface area contributed by atoms with Crippen LogP contribution in [0.3, 0.4) is 0 Å². The second-order valence-corrected chi connectivity index (χ2v) is 5.69. The number of amides is 1. The summed E-state index contributed by atoms with van der Waals surface area (Å²) in [7, 11) is 0. The molecule has 9 nitrogen and oxygen atoms in total. The van der Waals surface area contributed by atoms with E-state index < -0.39 is 0 Å². The summed E-state index contributed by atoms with van der Waals surface area (Å²) < 4.78 is 3.33. The topological polar surface area (TPSA) is 94.6 Å². The van der Waals surface area contributed by atoms with Gasteiger partial charge in [-0.15, -0.1) is 5.10 Å². The van der Waals surface area contributed by atoms with Gasteiger partial charge in [0.05, 0.1) is 17.3 Å². The van der Waals surface area contributed by atoms with E-state index in [-0.39, 0.29) is 11.9 Å². The monoisotopic (exact) mass is 324 g/mol. The fourth-order valence-electron chi connectivity index (χ4n) is 3.06. The number of aromatic nitrogens is 7. The van der Waals surface area contributed by atoms with Crippen LogP contribution in [0.4, 0.5) is 0 Å². The van der Waals surface area contributed by atoms with Gasteiger partial charge in [0.2, 0.25) is 0 Å². The number of tetrazole rings is 1. The molecule has 4 rings (SSSR count).